The highest BCUT2D eigenvalue weighted by Crippen LogP contribution is 2.29. The van der Waals surface area contributed by atoms with Gasteiger partial charge < -0.3 is 14.6 Å². The van der Waals surface area contributed by atoms with Crippen molar-refractivity contribution in [3.8, 4) is 5.75 Å². The summed E-state index contributed by atoms with van der Waals surface area (Å²) in [7, 11) is 3.56. The first-order valence-electron chi connectivity index (χ1n) is 9.45. The Morgan fingerprint density at radius 1 is 1.21 bits per heavy atom. The van der Waals surface area contributed by atoms with E-state index in [-0.39, 0.29) is 11.9 Å². The zero-order valence-electron chi connectivity index (χ0n) is 16.9. The number of nitrogens with zero attached hydrogens (tertiary/aromatic N) is 2. The lowest BCUT2D eigenvalue weighted by atomic mass is 10.0. The van der Waals surface area contributed by atoms with E-state index in [0.29, 0.717) is 12.8 Å². The minimum absolute atomic E-state index is 0.0149. The summed E-state index contributed by atoms with van der Waals surface area (Å²) < 4.78 is 7.43. The van der Waals surface area contributed by atoms with E-state index in [1.807, 2.05) is 42.1 Å². The van der Waals surface area contributed by atoms with Crippen molar-refractivity contribution in [2.45, 2.75) is 32.7 Å². The molecule has 0 aliphatic rings. The topological polar surface area (TPSA) is 56.1 Å². The van der Waals surface area contributed by atoms with Gasteiger partial charge in [-0.25, -0.2) is 4.98 Å². The fraction of sp³-hybridized carbons (Fsp3) is 0.304. The molecule has 0 radical (unpaired) electrons. The third kappa shape index (κ3) is 4.42. The normalized spacial score (nSPS) is 11.9. The van der Waals surface area contributed by atoms with E-state index in [0.717, 1.165) is 17.1 Å². The van der Waals surface area contributed by atoms with Gasteiger partial charge in [0.1, 0.15) is 17.6 Å². The number of aryl methyl sites for hydroxylation is 4. The van der Waals surface area contributed by atoms with Gasteiger partial charge in [0.2, 0.25) is 5.91 Å². The van der Waals surface area contributed by atoms with Crippen LogP contribution >= 0.6 is 0 Å². The maximum absolute atomic E-state index is 12.8. The molecular formula is C23H27N3O2. The molecule has 3 rings (SSSR count). The lowest BCUT2D eigenvalue weighted by Gasteiger charge is -2.21. The number of benzene rings is 2. The molecule has 5 heteroatoms. The molecule has 1 amide bonds. The molecule has 1 N–H and O–H groups in total. The fourth-order valence-electron chi connectivity index (χ4n) is 3.45. The number of imidazole rings is 1. The number of hydrogen-bond acceptors (Lipinski definition) is 3. The molecule has 1 aromatic heterocycles. The lowest BCUT2D eigenvalue weighted by Crippen LogP contribution is -2.31. The van der Waals surface area contributed by atoms with Gasteiger partial charge in [0, 0.05) is 31.4 Å². The van der Waals surface area contributed by atoms with Crippen molar-refractivity contribution < 1.29 is 9.53 Å². The minimum Gasteiger partial charge on any atom is -0.496 e. The highest BCUT2D eigenvalue weighted by Gasteiger charge is 2.23. The smallest absolute Gasteiger partial charge is 0.221 e. The number of carbonyl (C=O) groups is 1. The Bertz CT molecular complexity index is 962. The first kappa shape index (κ1) is 19.7. The number of carbonyl (C=O) groups excluding carboxylic acids is 1. The van der Waals surface area contributed by atoms with Crippen LogP contribution in [-0.2, 0) is 18.3 Å². The van der Waals surface area contributed by atoms with Crippen molar-refractivity contribution >= 4 is 5.91 Å². The molecule has 0 fully saturated rings. The van der Waals surface area contributed by atoms with Crippen molar-refractivity contribution in [3.63, 3.8) is 0 Å². The molecule has 0 spiro atoms. The van der Waals surface area contributed by atoms with E-state index in [9.17, 15) is 4.79 Å². The number of aromatic nitrogens is 2. The minimum atomic E-state index is -0.372. The first-order chi connectivity index (χ1) is 13.5. The number of methoxy groups -OCH3 is 1. The van der Waals surface area contributed by atoms with Gasteiger partial charge in [-0.05, 0) is 37.5 Å². The Balaban J connectivity index is 1.80. The Kier molecular flexibility index (Phi) is 6.14. The molecule has 3 aromatic rings. The zero-order valence-corrected chi connectivity index (χ0v) is 16.9. The molecule has 0 saturated carbocycles. The molecule has 5 nitrogen and oxygen atoms in total. The van der Waals surface area contributed by atoms with Crippen LogP contribution in [-0.4, -0.2) is 22.6 Å². The van der Waals surface area contributed by atoms with Gasteiger partial charge >= 0.3 is 0 Å². The Morgan fingerprint density at radius 3 is 2.68 bits per heavy atom. The summed E-state index contributed by atoms with van der Waals surface area (Å²) in [5.74, 6) is 1.48. The highest BCUT2D eigenvalue weighted by molar-refractivity contribution is 5.77. The van der Waals surface area contributed by atoms with E-state index in [1.54, 1.807) is 13.3 Å². The number of amides is 1. The van der Waals surface area contributed by atoms with Crippen LogP contribution in [0.15, 0.2) is 54.9 Å². The number of para-hydroxylation sites is 1. The van der Waals surface area contributed by atoms with Crippen LogP contribution in [0.3, 0.4) is 0 Å². The van der Waals surface area contributed by atoms with Gasteiger partial charge in [-0.15, -0.1) is 0 Å². The predicted molar refractivity (Wildman–Crippen MR) is 110 cm³/mol. The Hall–Kier alpha value is -3.08. The van der Waals surface area contributed by atoms with Crippen molar-refractivity contribution in [1.29, 1.82) is 0 Å². The Morgan fingerprint density at radius 2 is 2.00 bits per heavy atom. The number of rotatable bonds is 7. The van der Waals surface area contributed by atoms with Crippen LogP contribution in [0.4, 0.5) is 0 Å². The summed E-state index contributed by atoms with van der Waals surface area (Å²) in [5.41, 5.74) is 4.54. The van der Waals surface area contributed by atoms with Gasteiger partial charge in [0.25, 0.3) is 0 Å². The van der Waals surface area contributed by atoms with E-state index in [4.69, 9.17) is 4.74 Å². The van der Waals surface area contributed by atoms with Gasteiger partial charge in [-0.2, -0.15) is 0 Å². The molecule has 0 aliphatic carbocycles. The Labute approximate surface area is 166 Å². The molecule has 1 atom stereocenters. The average Bonchev–Trinajstić information content (AvgIpc) is 3.11. The summed E-state index contributed by atoms with van der Waals surface area (Å²) in [6.07, 6.45) is 4.73. The van der Waals surface area contributed by atoms with E-state index in [2.05, 4.69) is 42.3 Å². The van der Waals surface area contributed by atoms with Crippen LogP contribution in [0, 0.1) is 13.8 Å². The second-order valence-electron chi connectivity index (χ2n) is 7.07. The SMILES string of the molecule is COc1ccccc1C(NC(=O)CCc1ccc(C)cc1C)c1nccn1C. The summed E-state index contributed by atoms with van der Waals surface area (Å²) in [4.78, 5) is 17.3. The van der Waals surface area contributed by atoms with E-state index >= 15 is 0 Å². The molecule has 0 bridgehead atoms. The molecule has 0 saturated heterocycles. The first-order valence-corrected chi connectivity index (χ1v) is 9.45. The van der Waals surface area contributed by atoms with Gasteiger partial charge in [-0.3, -0.25) is 4.79 Å². The van der Waals surface area contributed by atoms with Crippen LogP contribution in [0.2, 0.25) is 0 Å². The van der Waals surface area contributed by atoms with Crippen molar-refractivity contribution in [2.24, 2.45) is 7.05 Å². The standard InChI is InChI=1S/C23H27N3O2/c1-16-9-10-18(17(2)15-16)11-12-21(27)25-22(23-24-13-14-26(23)3)19-7-5-6-8-20(19)28-4/h5-10,13-15,22H,11-12H2,1-4H3,(H,25,27). The number of ether oxygens (including phenoxy) is 1. The van der Waals surface area contributed by atoms with Gasteiger partial charge in [0.05, 0.1) is 7.11 Å². The summed E-state index contributed by atoms with van der Waals surface area (Å²) in [5, 5.41) is 3.15. The van der Waals surface area contributed by atoms with Crippen LogP contribution in [0.5, 0.6) is 5.75 Å². The summed E-state index contributed by atoms with van der Waals surface area (Å²) >= 11 is 0. The van der Waals surface area contributed by atoms with E-state index < -0.39 is 0 Å². The second-order valence-corrected chi connectivity index (χ2v) is 7.07. The second kappa shape index (κ2) is 8.74. The molecule has 1 heterocycles. The van der Waals surface area contributed by atoms with Crippen LogP contribution in [0.1, 0.15) is 40.5 Å². The van der Waals surface area contributed by atoms with E-state index in [1.165, 1.54) is 16.7 Å². The molecular weight excluding hydrogens is 350 g/mol. The van der Waals surface area contributed by atoms with Gasteiger partial charge in [-0.1, -0.05) is 42.0 Å². The number of nitrogens with one attached hydrogen (secondary N) is 1. The third-order valence-corrected chi connectivity index (χ3v) is 4.99. The third-order valence-electron chi connectivity index (χ3n) is 4.99. The van der Waals surface area contributed by atoms with Crippen LogP contribution in [0.25, 0.3) is 0 Å². The maximum Gasteiger partial charge on any atom is 0.221 e. The molecule has 1 unspecified atom stereocenters. The van der Waals surface area contributed by atoms with Crippen molar-refractivity contribution in [3.05, 3.63) is 82.9 Å². The fourth-order valence-corrected chi connectivity index (χ4v) is 3.45. The monoisotopic (exact) mass is 377 g/mol. The van der Waals surface area contributed by atoms with Gasteiger partial charge in [0.15, 0.2) is 0 Å². The summed E-state index contributed by atoms with van der Waals surface area (Å²) in [6, 6.07) is 13.7. The van der Waals surface area contributed by atoms with Crippen molar-refractivity contribution in [1.82, 2.24) is 14.9 Å². The molecule has 2 aromatic carbocycles. The predicted octanol–water partition coefficient (Wildman–Crippen LogP) is 3.88. The van der Waals surface area contributed by atoms with Crippen LogP contribution < -0.4 is 10.1 Å². The zero-order chi connectivity index (χ0) is 20.1. The van der Waals surface area contributed by atoms with Crippen molar-refractivity contribution in [2.75, 3.05) is 7.11 Å². The number of hydrogen-bond donors (Lipinski definition) is 1. The largest absolute Gasteiger partial charge is 0.496 e. The molecule has 146 valence electrons. The average molecular weight is 377 g/mol. The quantitative estimate of drug-likeness (QED) is 0.680. The highest BCUT2D eigenvalue weighted by atomic mass is 16.5. The molecule has 0 aliphatic heterocycles. The molecule has 28 heavy (non-hydrogen) atoms. The maximum atomic E-state index is 12.8. The lowest BCUT2D eigenvalue weighted by molar-refractivity contribution is -0.121. The summed E-state index contributed by atoms with van der Waals surface area (Å²) in [6.45, 7) is 4.17.